The molecule has 0 saturated carbocycles. The van der Waals surface area contributed by atoms with Crippen LogP contribution in [0.3, 0.4) is 0 Å². The van der Waals surface area contributed by atoms with Gasteiger partial charge in [-0.3, -0.25) is 9.36 Å². The van der Waals surface area contributed by atoms with E-state index in [-0.39, 0.29) is 11.7 Å². The van der Waals surface area contributed by atoms with Gasteiger partial charge in [0.25, 0.3) is 5.91 Å². The number of nitrogens with one attached hydrogen (secondary N) is 2. The minimum atomic E-state index is -0.518. The minimum absolute atomic E-state index is 0.0161. The molecule has 0 aliphatic carbocycles. The van der Waals surface area contributed by atoms with Gasteiger partial charge in [0.15, 0.2) is 11.0 Å². The largest absolute Gasteiger partial charge is 0.507 e. The number of carbonyl (C=O) groups is 1. The first-order valence-electron chi connectivity index (χ1n) is 11.3. The number of aromatic hydroxyl groups is 1. The van der Waals surface area contributed by atoms with E-state index in [1.807, 2.05) is 41.0 Å². The number of halogens is 2. The van der Waals surface area contributed by atoms with Crippen molar-refractivity contribution < 1.29 is 9.90 Å². The Hall–Kier alpha value is -3.09. The van der Waals surface area contributed by atoms with E-state index in [0.29, 0.717) is 28.1 Å². The number of hydrogen-bond acceptors (Lipinski definition) is 7. The second-order valence-electron chi connectivity index (χ2n) is 8.08. The first kappa shape index (κ1) is 27.0. The molecule has 3 N–H and O–H groups in total. The average Bonchev–Trinajstić information content (AvgIpc) is 3.28. The van der Waals surface area contributed by atoms with E-state index in [0.717, 1.165) is 16.9 Å². The summed E-state index contributed by atoms with van der Waals surface area (Å²) in [6.07, 6.45) is 1.35. The predicted molar refractivity (Wildman–Crippen MR) is 157 cm³/mol. The van der Waals surface area contributed by atoms with Gasteiger partial charge in [-0.2, -0.15) is 5.10 Å². The van der Waals surface area contributed by atoms with E-state index in [9.17, 15) is 9.90 Å². The van der Waals surface area contributed by atoms with Crippen molar-refractivity contribution >= 4 is 63.8 Å². The molecule has 0 aliphatic rings. The summed E-state index contributed by atoms with van der Waals surface area (Å²) >= 11 is 9.52. The van der Waals surface area contributed by atoms with E-state index in [1.54, 1.807) is 19.1 Å². The number of phenolic OH excluding ortho intramolecular Hbond substituents is 1. The van der Waals surface area contributed by atoms with E-state index in [2.05, 4.69) is 67.7 Å². The third kappa shape index (κ3) is 7.02. The van der Waals surface area contributed by atoms with Crippen LogP contribution in [0, 0.1) is 10.5 Å². The number of aryl methyl sites for hydroxylation is 1. The van der Waals surface area contributed by atoms with Crippen LogP contribution in [0.15, 0.2) is 77.0 Å². The molecule has 8 nitrogen and oxygen atoms in total. The number of phenols is 1. The van der Waals surface area contributed by atoms with Crippen LogP contribution in [0.5, 0.6) is 5.75 Å². The lowest BCUT2D eigenvalue weighted by molar-refractivity contribution is -0.120. The molecule has 11 heteroatoms. The maximum atomic E-state index is 12.7. The molecule has 37 heavy (non-hydrogen) atoms. The Morgan fingerprint density at radius 1 is 1.19 bits per heavy atom. The van der Waals surface area contributed by atoms with Crippen molar-refractivity contribution in [3.63, 3.8) is 0 Å². The molecule has 1 heterocycles. The van der Waals surface area contributed by atoms with Crippen LogP contribution in [0.2, 0.25) is 5.02 Å². The average molecular weight is 647 g/mol. The number of amides is 1. The molecule has 0 fully saturated rings. The number of para-hydroxylation sites is 1. The molecule has 0 aliphatic heterocycles. The highest BCUT2D eigenvalue weighted by atomic mass is 127. The van der Waals surface area contributed by atoms with E-state index in [1.165, 1.54) is 27.6 Å². The monoisotopic (exact) mass is 646 g/mol. The Morgan fingerprint density at radius 2 is 1.97 bits per heavy atom. The third-order valence-corrected chi connectivity index (χ3v) is 7.31. The van der Waals surface area contributed by atoms with Crippen LogP contribution in [0.1, 0.15) is 23.9 Å². The number of rotatable bonds is 9. The van der Waals surface area contributed by atoms with E-state index < -0.39 is 5.25 Å². The molecule has 0 spiro atoms. The molecule has 3 aromatic carbocycles. The zero-order chi connectivity index (χ0) is 26.4. The first-order chi connectivity index (χ1) is 17.8. The lowest BCUT2D eigenvalue weighted by Crippen LogP contribution is -2.27. The van der Waals surface area contributed by atoms with Gasteiger partial charge < -0.3 is 10.4 Å². The lowest BCUT2D eigenvalue weighted by Gasteiger charge is -2.14. The zero-order valence-electron chi connectivity index (χ0n) is 20.0. The maximum Gasteiger partial charge on any atom is 0.253 e. The highest BCUT2D eigenvalue weighted by molar-refractivity contribution is 14.1. The van der Waals surface area contributed by atoms with Crippen LogP contribution < -0.4 is 10.7 Å². The summed E-state index contributed by atoms with van der Waals surface area (Å²) in [7, 11) is 0. The summed E-state index contributed by atoms with van der Waals surface area (Å²) in [5.74, 6) is 0.413. The molecule has 4 rings (SSSR count). The Balaban J connectivity index is 1.49. The summed E-state index contributed by atoms with van der Waals surface area (Å²) < 4.78 is 3.12. The number of aromatic nitrogens is 3. The third-order valence-electron chi connectivity index (χ3n) is 5.36. The van der Waals surface area contributed by atoms with Gasteiger partial charge in [0.2, 0.25) is 0 Å². The standard InChI is InChI=1S/C26H24ClIN6O2S/c1-16-12-20(28)9-10-22(16)29-15-24-31-33-26(34(24)21-6-4-3-5-7-21)37-17(2)25(36)32-30-14-18-13-19(27)8-11-23(18)35/h3-14,17,29,35H,15H2,1-2H3,(H,32,36). The van der Waals surface area contributed by atoms with Gasteiger partial charge in [-0.15, -0.1) is 10.2 Å². The Labute approximate surface area is 237 Å². The fourth-order valence-corrected chi connectivity index (χ4v) is 5.13. The summed E-state index contributed by atoms with van der Waals surface area (Å²) in [4.78, 5) is 12.7. The number of anilines is 1. The second kappa shape index (κ2) is 12.4. The molecule has 190 valence electrons. The first-order valence-corrected chi connectivity index (χ1v) is 13.6. The van der Waals surface area contributed by atoms with Gasteiger partial charge in [0, 0.05) is 25.5 Å². The number of nitrogens with zero attached hydrogens (tertiary/aromatic N) is 4. The zero-order valence-corrected chi connectivity index (χ0v) is 23.8. The molecule has 0 radical (unpaired) electrons. The number of thioether (sulfide) groups is 1. The Kier molecular flexibility index (Phi) is 9.06. The lowest BCUT2D eigenvalue weighted by atomic mass is 10.2. The van der Waals surface area contributed by atoms with Crippen LogP contribution in [0.25, 0.3) is 5.69 Å². The van der Waals surface area contributed by atoms with Crippen molar-refractivity contribution in [3.05, 3.63) is 92.3 Å². The molecular formula is C26H24ClIN6O2S. The van der Waals surface area contributed by atoms with Crippen molar-refractivity contribution in [1.82, 2.24) is 20.2 Å². The molecule has 0 saturated heterocycles. The number of carbonyl (C=O) groups excluding carboxylic acids is 1. The maximum absolute atomic E-state index is 12.7. The van der Waals surface area contributed by atoms with Gasteiger partial charge in [0.1, 0.15) is 5.75 Å². The van der Waals surface area contributed by atoms with Gasteiger partial charge >= 0.3 is 0 Å². The molecule has 4 aromatic rings. The molecule has 1 aromatic heterocycles. The minimum Gasteiger partial charge on any atom is -0.507 e. The van der Waals surface area contributed by atoms with Crippen LogP contribution in [0.4, 0.5) is 5.69 Å². The van der Waals surface area contributed by atoms with Crippen LogP contribution >= 0.6 is 46.0 Å². The van der Waals surface area contributed by atoms with Crippen molar-refractivity contribution in [2.75, 3.05) is 5.32 Å². The van der Waals surface area contributed by atoms with Gasteiger partial charge in [-0.1, -0.05) is 41.6 Å². The topological polar surface area (TPSA) is 104 Å². The molecule has 1 atom stereocenters. The van der Waals surface area contributed by atoms with Gasteiger partial charge in [-0.25, -0.2) is 5.43 Å². The normalized spacial score (nSPS) is 12.0. The number of hydrogen-bond donors (Lipinski definition) is 3. The van der Waals surface area contributed by atoms with Crippen LogP contribution in [-0.2, 0) is 11.3 Å². The number of hydrazone groups is 1. The van der Waals surface area contributed by atoms with Crippen molar-refractivity contribution in [1.29, 1.82) is 0 Å². The van der Waals surface area contributed by atoms with Gasteiger partial charge in [0.05, 0.1) is 18.0 Å². The second-order valence-corrected chi connectivity index (χ2v) is 11.1. The summed E-state index contributed by atoms with van der Waals surface area (Å²) in [5.41, 5.74) is 5.97. The smallest absolute Gasteiger partial charge is 0.253 e. The van der Waals surface area contributed by atoms with E-state index >= 15 is 0 Å². The van der Waals surface area contributed by atoms with Crippen molar-refractivity contribution in [2.24, 2.45) is 5.10 Å². The van der Waals surface area contributed by atoms with Crippen molar-refractivity contribution in [2.45, 2.75) is 30.8 Å². The van der Waals surface area contributed by atoms with E-state index in [4.69, 9.17) is 11.6 Å². The Bertz CT molecular complexity index is 1430. The Morgan fingerprint density at radius 3 is 2.73 bits per heavy atom. The number of benzene rings is 3. The predicted octanol–water partition coefficient (Wildman–Crippen LogP) is 5.78. The van der Waals surface area contributed by atoms with Crippen molar-refractivity contribution in [3.8, 4) is 11.4 Å². The highest BCUT2D eigenvalue weighted by Crippen LogP contribution is 2.27. The molecule has 1 unspecified atom stereocenters. The molecule has 1 amide bonds. The summed E-state index contributed by atoms with van der Waals surface area (Å²) in [6.45, 7) is 4.28. The SMILES string of the molecule is Cc1cc(I)ccc1NCc1nnc(SC(C)C(=O)NN=Cc2cc(Cl)ccc2O)n1-c1ccccc1. The molecule has 0 bridgehead atoms. The molecular weight excluding hydrogens is 623 g/mol. The summed E-state index contributed by atoms with van der Waals surface area (Å²) in [6, 6.07) is 20.6. The van der Waals surface area contributed by atoms with Gasteiger partial charge in [-0.05, 0) is 90.5 Å². The van der Waals surface area contributed by atoms with Crippen LogP contribution in [-0.4, -0.2) is 37.2 Å². The highest BCUT2D eigenvalue weighted by Gasteiger charge is 2.21. The quantitative estimate of drug-likeness (QED) is 0.0922. The summed E-state index contributed by atoms with van der Waals surface area (Å²) in [5, 5.41) is 26.6. The fourth-order valence-electron chi connectivity index (χ4n) is 3.42. The fraction of sp³-hybridized carbons (Fsp3) is 0.154.